The number of nitrogens with zero attached hydrogens (tertiary/aromatic N) is 2. The molecule has 1 aromatic heterocycles. The van der Waals surface area contributed by atoms with Crippen LogP contribution in [0.2, 0.25) is 10.2 Å². The molecule has 7 heteroatoms. The van der Waals surface area contributed by atoms with Gasteiger partial charge < -0.3 is 14.4 Å². The number of hydrogen-bond acceptors (Lipinski definition) is 4. The molecule has 0 aliphatic carbocycles. The minimum Gasteiger partial charge on any atom is -0.348 e. The highest BCUT2D eigenvalue weighted by Gasteiger charge is 2.36. The predicted molar refractivity (Wildman–Crippen MR) is 78.6 cm³/mol. The molecule has 0 bridgehead atoms. The number of pyridine rings is 1. The lowest BCUT2D eigenvalue weighted by Gasteiger charge is -2.38. The summed E-state index contributed by atoms with van der Waals surface area (Å²) in [4.78, 5) is 18.5. The van der Waals surface area contributed by atoms with Crippen molar-refractivity contribution in [1.82, 2.24) is 9.88 Å². The van der Waals surface area contributed by atoms with Gasteiger partial charge in [0.05, 0.1) is 29.8 Å². The van der Waals surface area contributed by atoms with E-state index in [1.54, 1.807) is 11.0 Å². The fourth-order valence-corrected chi connectivity index (χ4v) is 3.06. The largest absolute Gasteiger partial charge is 0.348 e. The van der Waals surface area contributed by atoms with Crippen molar-refractivity contribution in [2.75, 3.05) is 19.8 Å². The number of rotatable bonds is 2. The Hall–Kier alpha value is -0.880. The predicted octanol–water partition coefficient (Wildman–Crippen LogP) is 2.76. The molecule has 1 atom stereocenters. The van der Waals surface area contributed by atoms with Crippen molar-refractivity contribution in [2.45, 2.75) is 31.6 Å². The Morgan fingerprint density at radius 3 is 2.76 bits per heavy atom. The Morgan fingerprint density at radius 1 is 1.29 bits per heavy atom. The van der Waals surface area contributed by atoms with Gasteiger partial charge in [-0.1, -0.05) is 23.2 Å². The monoisotopic (exact) mass is 330 g/mol. The standard InChI is InChI=1S/C14H16Cl2N2O3/c15-10-7-9(8-17-12(10)16)13(19)18-4-2-1-3-11(18)14-20-5-6-21-14/h7-8,11,14H,1-6H2. The van der Waals surface area contributed by atoms with Crippen molar-refractivity contribution in [3.63, 3.8) is 0 Å². The van der Waals surface area contributed by atoms with Crippen LogP contribution in [-0.4, -0.2) is 47.9 Å². The Morgan fingerprint density at radius 2 is 2.05 bits per heavy atom. The Bertz CT molecular complexity index is 535. The molecule has 1 amide bonds. The summed E-state index contributed by atoms with van der Waals surface area (Å²) < 4.78 is 11.1. The SMILES string of the molecule is O=C(c1cnc(Cl)c(Cl)c1)N1CCCCC1C1OCCO1. The highest BCUT2D eigenvalue weighted by molar-refractivity contribution is 6.41. The van der Waals surface area contributed by atoms with Crippen LogP contribution in [0.5, 0.6) is 0 Å². The van der Waals surface area contributed by atoms with Crippen LogP contribution in [0.15, 0.2) is 12.3 Å². The van der Waals surface area contributed by atoms with Crippen molar-refractivity contribution >= 4 is 29.1 Å². The molecule has 3 heterocycles. The number of carbonyl (C=O) groups is 1. The van der Waals surface area contributed by atoms with Gasteiger partial charge in [0.25, 0.3) is 5.91 Å². The van der Waals surface area contributed by atoms with Gasteiger partial charge in [-0.2, -0.15) is 0 Å². The molecule has 0 N–H and O–H groups in total. The quantitative estimate of drug-likeness (QED) is 0.782. The summed E-state index contributed by atoms with van der Waals surface area (Å²) >= 11 is 11.7. The van der Waals surface area contributed by atoms with Crippen LogP contribution in [0, 0.1) is 0 Å². The van der Waals surface area contributed by atoms with Gasteiger partial charge in [0.2, 0.25) is 0 Å². The van der Waals surface area contributed by atoms with Crippen LogP contribution in [0.4, 0.5) is 0 Å². The first-order valence-electron chi connectivity index (χ1n) is 7.02. The average molecular weight is 331 g/mol. The van der Waals surface area contributed by atoms with Crippen molar-refractivity contribution in [3.05, 3.63) is 28.0 Å². The van der Waals surface area contributed by atoms with Gasteiger partial charge in [-0.25, -0.2) is 4.98 Å². The minimum absolute atomic E-state index is 0.0526. The fourth-order valence-electron chi connectivity index (χ4n) is 2.80. The van der Waals surface area contributed by atoms with E-state index >= 15 is 0 Å². The third-order valence-electron chi connectivity index (χ3n) is 3.82. The molecule has 0 saturated carbocycles. The van der Waals surface area contributed by atoms with Crippen molar-refractivity contribution in [2.24, 2.45) is 0 Å². The zero-order chi connectivity index (χ0) is 14.8. The van der Waals surface area contributed by atoms with E-state index in [1.165, 1.54) is 6.20 Å². The number of likely N-dealkylation sites (tertiary alicyclic amines) is 1. The van der Waals surface area contributed by atoms with Crippen molar-refractivity contribution in [1.29, 1.82) is 0 Å². The summed E-state index contributed by atoms with van der Waals surface area (Å²) in [6, 6.07) is 1.50. The van der Waals surface area contributed by atoms with Gasteiger partial charge in [-0.05, 0) is 25.3 Å². The molecule has 0 aromatic carbocycles. The third kappa shape index (κ3) is 3.16. The summed E-state index contributed by atoms with van der Waals surface area (Å²) in [5.41, 5.74) is 0.439. The van der Waals surface area contributed by atoms with Crippen LogP contribution >= 0.6 is 23.2 Å². The fraction of sp³-hybridized carbons (Fsp3) is 0.571. The molecule has 0 radical (unpaired) electrons. The smallest absolute Gasteiger partial charge is 0.255 e. The zero-order valence-corrected chi connectivity index (χ0v) is 12.9. The zero-order valence-electron chi connectivity index (χ0n) is 11.4. The Labute approximate surface area is 133 Å². The van der Waals surface area contributed by atoms with E-state index in [-0.39, 0.29) is 28.4 Å². The van der Waals surface area contributed by atoms with Gasteiger partial charge in [0, 0.05) is 12.7 Å². The molecular formula is C14H16Cl2N2O3. The summed E-state index contributed by atoms with van der Waals surface area (Å²) in [7, 11) is 0. The number of aromatic nitrogens is 1. The topological polar surface area (TPSA) is 51.7 Å². The second-order valence-corrected chi connectivity index (χ2v) is 5.93. The molecule has 0 spiro atoms. The molecule has 21 heavy (non-hydrogen) atoms. The Balaban J connectivity index is 1.81. The van der Waals surface area contributed by atoms with E-state index < -0.39 is 0 Å². The van der Waals surface area contributed by atoms with Gasteiger partial charge in [0.15, 0.2) is 6.29 Å². The van der Waals surface area contributed by atoms with E-state index in [0.717, 1.165) is 19.3 Å². The van der Waals surface area contributed by atoms with Crippen molar-refractivity contribution in [3.8, 4) is 0 Å². The minimum atomic E-state index is -0.329. The maximum Gasteiger partial charge on any atom is 0.255 e. The summed E-state index contributed by atoms with van der Waals surface area (Å²) in [5, 5.41) is 0.482. The summed E-state index contributed by atoms with van der Waals surface area (Å²) in [6.07, 6.45) is 4.05. The normalized spacial score (nSPS) is 23.5. The summed E-state index contributed by atoms with van der Waals surface area (Å²) in [5.74, 6) is -0.107. The second-order valence-electron chi connectivity index (χ2n) is 5.17. The number of ether oxygens (including phenoxy) is 2. The van der Waals surface area contributed by atoms with E-state index in [0.29, 0.717) is 25.3 Å². The molecule has 2 aliphatic rings. The number of halogens is 2. The van der Waals surface area contributed by atoms with Crippen LogP contribution in [0.1, 0.15) is 29.6 Å². The first-order valence-corrected chi connectivity index (χ1v) is 7.77. The molecule has 1 unspecified atom stereocenters. The molecule has 5 nitrogen and oxygen atoms in total. The maximum absolute atomic E-state index is 12.7. The van der Waals surface area contributed by atoms with Crippen LogP contribution in [0.25, 0.3) is 0 Å². The van der Waals surface area contributed by atoms with Gasteiger partial charge in [-0.15, -0.1) is 0 Å². The lowest BCUT2D eigenvalue weighted by Crippen LogP contribution is -2.50. The lowest BCUT2D eigenvalue weighted by atomic mass is 10.0. The van der Waals surface area contributed by atoms with Gasteiger partial charge in [-0.3, -0.25) is 4.79 Å². The number of carbonyl (C=O) groups excluding carboxylic acids is 1. The average Bonchev–Trinajstić information content (AvgIpc) is 3.03. The molecule has 2 saturated heterocycles. The molecule has 2 fully saturated rings. The summed E-state index contributed by atoms with van der Waals surface area (Å²) in [6.45, 7) is 1.85. The van der Waals surface area contributed by atoms with E-state index in [2.05, 4.69) is 4.98 Å². The maximum atomic E-state index is 12.7. The first kappa shape index (κ1) is 15.0. The van der Waals surface area contributed by atoms with Crippen LogP contribution in [0.3, 0.4) is 0 Å². The first-order chi connectivity index (χ1) is 10.2. The molecule has 114 valence electrons. The molecule has 3 rings (SSSR count). The van der Waals surface area contributed by atoms with E-state index in [4.69, 9.17) is 32.7 Å². The highest BCUT2D eigenvalue weighted by Crippen LogP contribution is 2.27. The highest BCUT2D eigenvalue weighted by atomic mass is 35.5. The number of piperidine rings is 1. The molecular weight excluding hydrogens is 315 g/mol. The van der Waals surface area contributed by atoms with Crippen LogP contribution in [-0.2, 0) is 9.47 Å². The number of amides is 1. The number of hydrogen-bond donors (Lipinski definition) is 0. The van der Waals surface area contributed by atoms with Gasteiger partial charge in [0.1, 0.15) is 5.15 Å². The lowest BCUT2D eigenvalue weighted by molar-refractivity contribution is -0.100. The molecule has 1 aromatic rings. The van der Waals surface area contributed by atoms with Gasteiger partial charge >= 0.3 is 0 Å². The van der Waals surface area contributed by atoms with Crippen LogP contribution < -0.4 is 0 Å². The Kier molecular flexibility index (Phi) is 4.64. The second kappa shape index (κ2) is 6.48. The van der Waals surface area contributed by atoms with Crippen molar-refractivity contribution < 1.29 is 14.3 Å². The molecule has 2 aliphatic heterocycles. The van der Waals surface area contributed by atoms with E-state index in [9.17, 15) is 4.79 Å². The van der Waals surface area contributed by atoms with E-state index in [1.807, 2.05) is 0 Å². The third-order valence-corrected chi connectivity index (χ3v) is 4.50.